The maximum atomic E-state index is 13.6. The lowest BCUT2D eigenvalue weighted by molar-refractivity contribution is 0.204. The molecule has 0 radical (unpaired) electrons. The van der Waals surface area contributed by atoms with Crippen molar-refractivity contribution in [3.05, 3.63) is 59.1 Å². The molecule has 0 bridgehead atoms. The first-order valence-electron chi connectivity index (χ1n) is 10.4. The molecule has 1 aliphatic heterocycles. The van der Waals surface area contributed by atoms with Crippen LogP contribution in [0.2, 0.25) is 5.02 Å². The minimum atomic E-state index is -3.67. The van der Waals surface area contributed by atoms with Gasteiger partial charge in [-0.1, -0.05) is 43.1 Å². The van der Waals surface area contributed by atoms with Crippen LogP contribution in [0.25, 0.3) is 0 Å². The van der Waals surface area contributed by atoms with Crippen LogP contribution >= 0.6 is 11.6 Å². The lowest BCUT2D eigenvalue weighted by atomic mass is 10.0. The average molecular weight is 435 g/mol. The predicted octanol–water partition coefficient (Wildman–Crippen LogP) is 5.35. The zero-order valence-corrected chi connectivity index (χ0v) is 19.1. The SMILES string of the molecule is Cc1ccc(N(C2CCN(CCC(C)C)CC2)S(=O)(=O)c2ccc(Cl)cc2)cc1. The van der Waals surface area contributed by atoms with Gasteiger partial charge in [0, 0.05) is 24.2 Å². The summed E-state index contributed by atoms with van der Waals surface area (Å²) >= 11 is 5.98. The second kappa shape index (κ2) is 9.50. The Kier molecular flexibility index (Phi) is 7.25. The van der Waals surface area contributed by atoms with Gasteiger partial charge in [-0.15, -0.1) is 0 Å². The van der Waals surface area contributed by atoms with Gasteiger partial charge in [0.1, 0.15) is 0 Å². The van der Waals surface area contributed by atoms with Crippen LogP contribution in [0.5, 0.6) is 0 Å². The Morgan fingerprint density at radius 1 is 1.03 bits per heavy atom. The average Bonchev–Trinajstić information content (AvgIpc) is 2.69. The van der Waals surface area contributed by atoms with Crippen molar-refractivity contribution >= 4 is 27.3 Å². The number of rotatable bonds is 7. The first-order valence-corrected chi connectivity index (χ1v) is 12.2. The van der Waals surface area contributed by atoms with Crippen LogP contribution in [0.4, 0.5) is 5.69 Å². The van der Waals surface area contributed by atoms with E-state index in [2.05, 4.69) is 18.7 Å². The fraction of sp³-hybridized carbons (Fsp3) is 0.478. The Hall–Kier alpha value is -1.56. The van der Waals surface area contributed by atoms with Crippen molar-refractivity contribution in [1.82, 2.24) is 4.90 Å². The van der Waals surface area contributed by atoms with Crippen molar-refractivity contribution in [2.45, 2.75) is 51.0 Å². The van der Waals surface area contributed by atoms with Crippen molar-refractivity contribution in [1.29, 1.82) is 0 Å². The molecule has 0 spiro atoms. The van der Waals surface area contributed by atoms with Gasteiger partial charge in [0.2, 0.25) is 0 Å². The van der Waals surface area contributed by atoms with Crippen molar-refractivity contribution in [2.24, 2.45) is 5.92 Å². The Morgan fingerprint density at radius 2 is 1.62 bits per heavy atom. The second-order valence-corrected chi connectivity index (χ2v) is 10.6. The van der Waals surface area contributed by atoms with E-state index in [1.165, 1.54) is 6.42 Å². The quantitative estimate of drug-likeness (QED) is 0.589. The topological polar surface area (TPSA) is 40.6 Å². The van der Waals surface area contributed by atoms with Gasteiger partial charge in [0.25, 0.3) is 10.0 Å². The highest BCUT2D eigenvalue weighted by molar-refractivity contribution is 7.92. The maximum Gasteiger partial charge on any atom is 0.264 e. The summed E-state index contributed by atoms with van der Waals surface area (Å²) < 4.78 is 28.8. The fourth-order valence-corrected chi connectivity index (χ4v) is 5.61. The number of anilines is 1. The van der Waals surface area contributed by atoms with Crippen LogP contribution in [0.15, 0.2) is 53.4 Å². The van der Waals surface area contributed by atoms with Gasteiger partial charge >= 0.3 is 0 Å². The minimum absolute atomic E-state index is 0.0475. The number of hydrogen-bond acceptors (Lipinski definition) is 3. The van der Waals surface area contributed by atoms with Gasteiger partial charge in [-0.25, -0.2) is 8.42 Å². The zero-order chi connectivity index (χ0) is 21.0. The van der Waals surface area contributed by atoms with Crippen LogP contribution in [0, 0.1) is 12.8 Å². The molecule has 0 atom stereocenters. The molecule has 0 N–H and O–H groups in total. The highest BCUT2D eigenvalue weighted by Crippen LogP contribution is 2.31. The lowest BCUT2D eigenvalue weighted by Gasteiger charge is -2.39. The number of sulfonamides is 1. The molecule has 3 rings (SSSR count). The molecular weight excluding hydrogens is 404 g/mol. The first-order chi connectivity index (χ1) is 13.8. The lowest BCUT2D eigenvalue weighted by Crippen LogP contribution is -2.47. The number of halogens is 1. The Labute approximate surface area is 180 Å². The van der Waals surface area contributed by atoms with E-state index in [1.54, 1.807) is 28.6 Å². The standard InChI is InChI=1S/C23H31ClN2O2S/c1-18(2)12-15-25-16-13-22(14-17-25)26(21-8-4-19(3)5-9-21)29(27,28)23-10-6-20(24)7-11-23/h4-11,18,22H,12-17H2,1-3H3. The maximum absolute atomic E-state index is 13.6. The molecule has 6 heteroatoms. The molecule has 1 saturated heterocycles. The molecule has 0 unspecified atom stereocenters. The number of likely N-dealkylation sites (tertiary alicyclic amines) is 1. The van der Waals surface area contributed by atoms with Crippen LogP contribution in [-0.4, -0.2) is 39.0 Å². The van der Waals surface area contributed by atoms with Crippen molar-refractivity contribution < 1.29 is 8.42 Å². The molecule has 0 saturated carbocycles. The van der Waals surface area contributed by atoms with Crippen molar-refractivity contribution in [3.63, 3.8) is 0 Å². The third-order valence-corrected chi connectivity index (χ3v) is 7.72. The summed E-state index contributed by atoms with van der Waals surface area (Å²) in [4.78, 5) is 2.74. The summed E-state index contributed by atoms with van der Waals surface area (Å²) in [5, 5.41) is 0.532. The predicted molar refractivity (Wildman–Crippen MR) is 121 cm³/mol. The van der Waals surface area contributed by atoms with Gasteiger partial charge < -0.3 is 4.90 Å². The molecular formula is C23H31ClN2O2S. The van der Waals surface area contributed by atoms with Gasteiger partial charge in [0.05, 0.1) is 10.6 Å². The van der Waals surface area contributed by atoms with E-state index in [1.807, 2.05) is 31.2 Å². The van der Waals surface area contributed by atoms with Crippen LogP contribution in [0.1, 0.15) is 38.7 Å². The summed E-state index contributed by atoms with van der Waals surface area (Å²) in [7, 11) is -3.67. The van der Waals surface area contributed by atoms with E-state index in [-0.39, 0.29) is 10.9 Å². The van der Waals surface area contributed by atoms with Gasteiger partial charge in [-0.3, -0.25) is 4.31 Å². The van der Waals surface area contributed by atoms with E-state index in [0.29, 0.717) is 10.9 Å². The molecule has 1 heterocycles. The number of hydrogen-bond donors (Lipinski definition) is 0. The smallest absolute Gasteiger partial charge is 0.264 e. The normalized spacial score (nSPS) is 16.3. The molecule has 1 fully saturated rings. The summed E-state index contributed by atoms with van der Waals surface area (Å²) in [6, 6.07) is 14.2. The Morgan fingerprint density at radius 3 is 2.17 bits per heavy atom. The van der Waals surface area contributed by atoms with E-state index < -0.39 is 10.0 Å². The van der Waals surface area contributed by atoms with Crippen molar-refractivity contribution in [2.75, 3.05) is 23.9 Å². The Balaban J connectivity index is 1.87. The van der Waals surface area contributed by atoms with Crippen LogP contribution in [0.3, 0.4) is 0 Å². The molecule has 0 aromatic heterocycles. The summed E-state index contributed by atoms with van der Waals surface area (Å²) in [5.74, 6) is 0.682. The number of piperidine rings is 1. The summed E-state index contributed by atoms with van der Waals surface area (Å²) in [6.45, 7) is 9.43. The van der Waals surface area contributed by atoms with Crippen LogP contribution in [-0.2, 0) is 10.0 Å². The van der Waals surface area contributed by atoms with Crippen LogP contribution < -0.4 is 4.31 Å². The number of aryl methyl sites for hydroxylation is 1. The van der Waals surface area contributed by atoms with E-state index >= 15 is 0 Å². The first kappa shape index (κ1) is 22.1. The number of nitrogens with zero attached hydrogens (tertiary/aromatic N) is 2. The third kappa shape index (κ3) is 5.53. The fourth-order valence-electron chi connectivity index (χ4n) is 3.78. The molecule has 29 heavy (non-hydrogen) atoms. The molecule has 4 nitrogen and oxygen atoms in total. The monoisotopic (exact) mass is 434 g/mol. The summed E-state index contributed by atoms with van der Waals surface area (Å²) in [6.07, 6.45) is 2.84. The molecule has 2 aromatic rings. The third-order valence-electron chi connectivity index (χ3n) is 5.57. The van der Waals surface area contributed by atoms with Crippen molar-refractivity contribution in [3.8, 4) is 0 Å². The Bertz CT molecular complexity index is 887. The molecule has 0 aliphatic carbocycles. The molecule has 2 aromatic carbocycles. The van der Waals surface area contributed by atoms with E-state index in [9.17, 15) is 8.42 Å². The summed E-state index contributed by atoms with van der Waals surface area (Å²) in [5.41, 5.74) is 1.84. The largest absolute Gasteiger partial charge is 0.303 e. The number of benzene rings is 2. The minimum Gasteiger partial charge on any atom is -0.303 e. The molecule has 1 aliphatic rings. The van der Waals surface area contributed by atoms with E-state index in [0.717, 1.165) is 43.7 Å². The second-order valence-electron chi connectivity index (χ2n) is 8.35. The molecule has 158 valence electrons. The highest BCUT2D eigenvalue weighted by atomic mass is 35.5. The van der Waals surface area contributed by atoms with Gasteiger partial charge in [0.15, 0.2) is 0 Å². The zero-order valence-electron chi connectivity index (χ0n) is 17.5. The highest BCUT2D eigenvalue weighted by Gasteiger charge is 2.34. The van der Waals surface area contributed by atoms with Gasteiger partial charge in [-0.05, 0) is 75.0 Å². The van der Waals surface area contributed by atoms with Gasteiger partial charge in [-0.2, -0.15) is 0 Å². The molecule has 0 amide bonds. The van der Waals surface area contributed by atoms with E-state index in [4.69, 9.17) is 11.6 Å².